The molecule has 0 fully saturated rings. The van der Waals surface area contributed by atoms with Crippen molar-refractivity contribution >= 4 is 39.8 Å². The van der Waals surface area contributed by atoms with E-state index in [2.05, 4.69) is 225 Å². The third kappa shape index (κ3) is 9.75. The second kappa shape index (κ2) is 21.5. The van der Waals surface area contributed by atoms with Crippen molar-refractivity contribution in [2.75, 3.05) is 0 Å². The molecule has 336 valence electrons. The number of nitrogens with zero attached hydrogens (tertiary/aromatic N) is 2. The van der Waals surface area contributed by atoms with Crippen LogP contribution in [-0.2, 0) is 5.41 Å². The Bertz CT molecular complexity index is 3040. The van der Waals surface area contributed by atoms with Crippen LogP contribution in [-0.4, -0.2) is 11.3 Å². The van der Waals surface area contributed by atoms with Gasteiger partial charge in [-0.1, -0.05) is 168 Å². The van der Waals surface area contributed by atoms with Crippen molar-refractivity contribution in [3.8, 4) is 33.4 Å². The molecule has 1 heterocycles. The van der Waals surface area contributed by atoms with Crippen molar-refractivity contribution in [2.45, 2.75) is 100 Å². The van der Waals surface area contributed by atoms with Gasteiger partial charge in [0.2, 0.25) is 0 Å². The van der Waals surface area contributed by atoms with Gasteiger partial charge in [0.1, 0.15) is 0 Å². The number of hydrogen-bond acceptors (Lipinski definition) is 1. The van der Waals surface area contributed by atoms with Crippen molar-refractivity contribution in [3.05, 3.63) is 216 Å². The molecule has 9 rings (SSSR count). The molecule has 0 saturated heterocycles. The summed E-state index contributed by atoms with van der Waals surface area (Å²) in [6.45, 7) is 37.0. The molecule has 2 aliphatic carbocycles. The average molecular weight is 867 g/mol. The molecule has 0 aliphatic heterocycles. The van der Waals surface area contributed by atoms with Gasteiger partial charge in [-0.2, -0.15) is 0 Å². The Hall–Kier alpha value is -6.77. The predicted molar refractivity (Wildman–Crippen MR) is 294 cm³/mol. The van der Waals surface area contributed by atoms with Gasteiger partial charge in [0.25, 0.3) is 0 Å². The van der Waals surface area contributed by atoms with Crippen molar-refractivity contribution < 1.29 is 0 Å². The van der Waals surface area contributed by atoms with Crippen LogP contribution < -0.4 is 0 Å². The summed E-state index contributed by atoms with van der Waals surface area (Å²) in [5.41, 5.74) is 24.3. The lowest BCUT2D eigenvalue weighted by Gasteiger charge is -2.23. The van der Waals surface area contributed by atoms with Gasteiger partial charge in [0.15, 0.2) is 0 Å². The van der Waals surface area contributed by atoms with E-state index >= 15 is 0 Å². The molecule has 0 amide bonds. The minimum absolute atomic E-state index is 0.0700. The van der Waals surface area contributed by atoms with Crippen LogP contribution in [0.1, 0.15) is 106 Å². The van der Waals surface area contributed by atoms with Crippen LogP contribution >= 0.6 is 0 Å². The summed E-state index contributed by atoms with van der Waals surface area (Å²) in [4.78, 5) is 3.75. The van der Waals surface area contributed by atoms with Crippen LogP contribution in [0.4, 0.5) is 0 Å². The van der Waals surface area contributed by atoms with Gasteiger partial charge in [0, 0.05) is 21.9 Å². The summed E-state index contributed by atoms with van der Waals surface area (Å²) in [5.74, 6) is 0. The largest absolute Gasteiger partial charge is 0.313 e. The molecule has 0 bridgehead atoms. The van der Waals surface area contributed by atoms with Gasteiger partial charge in [-0.15, -0.1) is 6.58 Å². The first kappa shape index (κ1) is 48.7. The standard InChI is InChI=1S/C36H35N.C17H18.C9H11N.C2H6/c1-7-9-15-25(8-2)37-34-18-13-12-17-27(34)31-21-33-30(22-35(31)37)29-19-24(4)28(20-32(29)36(33,5)6)26-16-11-10-14-23(26)3;1-12(2)15-11-7-9-14(4)17(15)16-10-6-5-8-13(16)3;1-8(10-2)9-6-4-3-5-7-9;1-2/h7-8,10-14,16-22H,1,9,15H2,2-6H3;5-11H,1H2,2-4H3;4,6-7H,1-3,5H2;1-2H3/b25-8+;;;. The lowest BCUT2D eigenvalue weighted by molar-refractivity contribution is 0.661. The van der Waals surface area contributed by atoms with Crippen LogP contribution in [0.2, 0.25) is 0 Å². The molecule has 0 unspecified atom stereocenters. The van der Waals surface area contributed by atoms with Crippen LogP contribution in [0.3, 0.4) is 0 Å². The molecule has 0 atom stereocenters. The fraction of sp³-hybridized carbons (Fsp3) is 0.234. The number of fused-ring (bicyclic) bond motifs is 6. The van der Waals surface area contributed by atoms with E-state index in [1.165, 1.54) is 99.8 Å². The highest BCUT2D eigenvalue weighted by molar-refractivity contribution is 6.12. The maximum atomic E-state index is 4.08. The lowest BCUT2D eigenvalue weighted by Crippen LogP contribution is -2.15. The van der Waals surface area contributed by atoms with Crippen LogP contribution in [0, 0.1) is 27.7 Å². The van der Waals surface area contributed by atoms with Gasteiger partial charge in [-0.25, -0.2) is 0 Å². The summed E-state index contributed by atoms with van der Waals surface area (Å²) >= 11 is 0. The lowest BCUT2D eigenvalue weighted by atomic mass is 9.80. The Morgan fingerprint density at radius 3 is 1.91 bits per heavy atom. The number of para-hydroxylation sites is 1. The minimum atomic E-state index is -0.0700. The monoisotopic (exact) mass is 867 g/mol. The minimum Gasteiger partial charge on any atom is -0.313 e. The molecule has 2 heteroatoms. The van der Waals surface area contributed by atoms with Crippen LogP contribution in [0.25, 0.3) is 66.5 Å². The van der Waals surface area contributed by atoms with Crippen LogP contribution in [0.5, 0.6) is 0 Å². The third-order valence-corrected chi connectivity index (χ3v) is 13.1. The van der Waals surface area contributed by atoms with Crippen molar-refractivity contribution in [2.24, 2.45) is 4.99 Å². The molecular formula is C64H70N2. The van der Waals surface area contributed by atoms with Crippen LogP contribution in [0.15, 0.2) is 182 Å². The Balaban J connectivity index is 0.000000204. The van der Waals surface area contributed by atoms with E-state index in [9.17, 15) is 0 Å². The normalized spacial score (nSPS) is 13.2. The number of allylic oxidation sites excluding steroid dienone is 7. The van der Waals surface area contributed by atoms with E-state index in [0.29, 0.717) is 0 Å². The van der Waals surface area contributed by atoms with Gasteiger partial charge < -0.3 is 4.57 Å². The number of aromatic nitrogens is 1. The molecule has 1 aromatic heterocycles. The molecular weight excluding hydrogens is 797 g/mol. The predicted octanol–water partition coefficient (Wildman–Crippen LogP) is 18.7. The zero-order valence-electron chi connectivity index (χ0n) is 41.4. The summed E-state index contributed by atoms with van der Waals surface area (Å²) in [5, 5.41) is 2.66. The topological polar surface area (TPSA) is 17.3 Å². The van der Waals surface area contributed by atoms with E-state index in [4.69, 9.17) is 0 Å². The van der Waals surface area contributed by atoms with E-state index < -0.39 is 0 Å². The smallest absolute Gasteiger partial charge is 0.0619 e. The highest BCUT2D eigenvalue weighted by Crippen LogP contribution is 2.53. The first-order valence-corrected chi connectivity index (χ1v) is 23.7. The maximum absolute atomic E-state index is 4.08. The van der Waals surface area contributed by atoms with Crippen molar-refractivity contribution in [3.63, 3.8) is 0 Å². The molecule has 0 spiro atoms. The molecule has 2 aliphatic rings. The number of rotatable bonds is 9. The van der Waals surface area contributed by atoms with E-state index in [1.54, 1.807) is 0 Å². The van der Waals surface area contributed by atoms with Crippen molar-refractivity contribution in [1.82, 2.24) is 4.57 Å². The zero-order valence-corrected chi connectivity index (χ0v) is 41.4. The number of benzene rings is 6. The number of aryl methyl sites for hydroxylation is 4. The highest BCUT2D eigenvalue weighted by atomic mass is 15.0. The van der Waals surface area contributed by atoms with Gasteiger partial charge in [-0.05, 0) is 176 Å². The molecule has 66 heavy (non-hydrogen) atoms. The quantitative estimate of drug-likeness (QED) is 0.102. The third-order valence-electron chi connectivity index (χ3n) is 13.1. The summed E-state index contributed by atoms with van der Waals surface area (Å²) < 4.78 is 2.48. The number of hydrogen-bond donors (Lipinski definition) is 0. The molecule has 0 saturated carbocycles. The van der Waals surface area contributed by atoms with E-state index in [1.807, 2.05) is 26.0 Å². The van der Waals surface area contributed by atoms with Gasteiger partial charge in [0.05, 0.1) is 16.7 Å². The van der Waals surface area contributed by atoms with E-state index in [-0.39, 0.29) is 5.41 Å². The Kier molecular flexibility index (Phi) is 15.8. The first-order valence-electron chi connectivity index (χ1n) is 23.7. The first-order chi connectivity index (χ1) is 31.8. The second-order valence-electron chi connectivity index (χ2n) is 17.9. The molecule has 0 N–H and O–H groups in total. The molecule has 0 radical (unpaired) electrons. The second-order valence-corrected chi connectivity index (χ2v) is 17.9. The summed E-state index contributed by atoms with van der Waals surface area (Å²) in [6.07, 6.45) is 14.8. The Labute approximate surface area is 396 Å². The number of aliphatic imine (C=N–C) groups is 1. The average Bonchev–Trinajstić information content (AvgIpc) is 3.76. The maximum Gasteiger partial charge on any atom is 0.0619 e. The Morgan fingerprint density at radius 1 is 0.667 bits per heavy atom. The fourth-order valence-corrected chi connectivity index (χ4v) is 9.61. The zero-order chi connectivity index (χ0) is 47.7. The summed E-state index contributed by atoms with van der Waals surface area (Å²) in [6, 6.07) is 42.4. The van der Waals surface area contributed by atoms with Gasteiger partial charge in [-0.3, -0.25) is 4.99 Å². The Morgan fingerprint density at radius 2 is 1.29 bits per heavy atom. The van der Waals surface area contributed by atoms with E-state index in [0.717, 1.165) is 42.5 Å². The molecule has 6 aromatic carbocycles. The van der Waals surface area contributed by atoms with Crippen molar-refractivity contribution in [1.29, 1.82) is 0 Å². The van der Waals surface area contributed by atoms with Gasteiger partial charge >= 0.3 is 0 Å². The fourth-order valence-electron chi connectivity index (χ4n) is 9.61. The molecule has 2 nitrogen and oxygen atoms in total. The summed E-state index contributed by atoms with van der Waals surface area (Å²) in [7, 11) is 0. The SMILES string of the molecule is C=C(C)c1cccc(C)c1-c1ccccc1C.C=CCC/C(=C\C)n1c2ccccc2c2cc3c(cc21)-c1cc(C)c(-c2ccccc2C)cc1C3(C)C.C=NC(=C)C1=CCCC=C1.CC. The highest BCUT2D eigenvalue weighted by Gasteiger charge is 2.37. The molecule has 7 aromatic rings.